The maximum atomic E-state index is 12.4. The summed E-state index contributed by atoms with van der Waals surface area (Å²) >= 11 is 6.16. The van der Waals surface area contributed by atoms with Crippen molar-refractivity contribution in [3.63, 3.8) is 0 Å². The van der Waals surface area contributed by atoms with E-state index in [1.54, 1.807) is 11.8 Å². The van der Waals surface area contributed by atoms with Gasteiger partial charge in [0.2, 0.25) is 0 Å². The number of urea groups is 1. The Labute approximate surface area is 148 Å². The minimum absolute atomic E-state index is 0.0137. The van der Waals surface area contributed by atoms with Gasteiger partial charge in [-0.25, -0.2) is 4.79 Å². The lowest BCUT2D eigenvalue weighted by atomic mass is 9.97. The molecule has 1 aliphatic heterocycles. The summed E-state index contributed by atoms with van der Waals surface area (Å²) in [5, 5.41) is 3.72. The van der Waals surface area contributed by atoms with E-state index in [0.717, 1.165) is 5.56 Å². The average Bonchev–Trinajstić information content (AvgIpc) is 2.57. The topological polar surface area (TPSA) is 58.6 Å². The molecule has 0 radical (unpaired) electrons. The highest BCUT2D eigenvalue weighted by Gasteiger charge is 2.28. The maximum Gasteiger partial charge on any atom is 0.317 e. The smallest absolute Gasteiger partial charge is 0.317 e. The highest BCUT2D eigenvalue weighted by atomic mass is 35.5. The molecule has 0 spiro atoms. The van der Waals surface area contributed by atoms with Crippen LogP contribution in [0.2, 0.25) is 5.02 Å². The van der Waals surface area contributed by atoms with Crippen molar-refractivity contribution in [2.75, 3.05) is 19.7 Å². The molecule has 0 aromatic heterocycles. The third-order valence-electron chi connectivity index (χ3n) is 4.26. The molecule has 24 heavy (non-hydrogen) atoms. The molecule has 1 atom stereocenters. The summed E-state index contributed by atoms with van der Waals surface area (Å²) in [5.74, 6) is -0.237. The molecule has 5 nitrogen and oxygen atoms in total. The second kappa shape index (κ2) is 8.92. The molecule has 1 aromatic rings. The third-order valence-corrected chi connectivity index (χ3v) is 4.62. The van der Waals surface area contributed by atoms with Gasteiger partial charge in [-0.1, -0.05) is 29.8 Å². The fourth-order valence-corrected chi connectivity index (χ4v) is 3.14. The Balaban J connectivity index is 1.79. The maximum absolute atomic E-state index is 12.4. The van der Waals surface area contributed by atoms with Crippen molar-refractivity contribution in [1.29, 1.82) is 0 Å². The number of hydrogen-bond acceptors (Lipinski definition) is 3. The van der Waals surface area contributed by atoms with Crippen LogP contribution in [0.5, 0.6) is 0 Å². The molecule has 0 aliphatic carbocycles. The monoisotopic (exact) mass is 352 g/mol. The zero-order chi connectivity index (χ0) is 17.5. The molecule has 6 heteroatoms. The number of carbonyl (C=O) groups excluding carboxylic acids is 2. The fraction of sp³-hybridized carbons (Fsp3) is 0.556. The van der Waals surface area contributed by atoms with Crippen LogP contribution < -0.4 is 5.32 Å². The first-order chi connectivity index (χ1) is 11.5. The summed E-state index contributed by atoms with van der Waals surface area (Å²) in [4.78, 5) is 25.8. The van der Waals surface area contributed by atoms with Crippen LogP contribution in [0.1, 0.15) is 32.3 Å². The molecule has 2 amide bonds. The van der Waals surface area contributed by atoms with E-state index in [-0.39, 0.29) is 24.0 Å². The van der Waals surface area contributed by atoms with Crippen LogP contribution in [-0.4, -0.2) is 42.6 Å². The zero-order valence-electron chi connectivity index (χ0n) is 14.3. The Morgan fingerprint density at radius 2 is 2.00 bits per heavy atom. The molecule has 1 saturated heterocycles. The van der Waals surface area contributed by atoms with Crippen molar-refractivity contribution in [2.24, 2.45) is 5.92 Å². The Morgan fingerprint density at radius 1 is 1.33 bits per heavy atom. The van der Waals surface area contributed by atoms with Crippen molar-refractivity contribution >= 4 is 23.6 Å². The number of benzene rings is 1. The van der Waals surface area contributed by atoms with E-state index in [0.29, 0.717) is 44.0 Å². The van der Waals surface area contributed by atoms with Crippen molar-refractivity contribution in [3.8, 4) is 0 Å². The highest BCUT2D eigenvalue weighted by molar-refractivity contribution is 6.31. The molecule has 1 fully saturated rings. The first-order valence-electron chi connectivity index (χ1n) is 8.46. The lowest BCUT2D eigenvalue weighted by molar-refractivity contribution is -0.149. The SMILES string of the molecule is CCOC(=O)C1CCN(C(=O)NC(C)Cc2ccccc2Cl)CC1. The summed E-state index contributed by atoms with van der Waals surface area (Å²) in [6, 6.07) is 7.55. The van der Waals surface area contributed by atoms with Crippen LogP contribution in [0.15, 0.2) is 24.3 Å². The van der Waals surface area contributed by atoms with E-state index >= 15 is 0 Å². The Morgan fingerprint density at radius 3 is 2.62 bits per heavy atom. The molecule has 0 bridgehead atoms. The van der Waals surface area contributed by atoms with E-state index in [1.165, 1.54) is 0 Å². The molecule has 0 saturated carbocycles. The average molecular weight is 353 g/mol. The van der Waals surface area contributed by atoms with Gasteiger partial charge in [0, 0.05) is 24.2 Å². The number of nitrogens with one attached hydrogen (secondary N) is 1. The number of amides is 2. The van der Waals surface area contributed by atoms with Crippen LogP contribution >= 0.6 is 11.6 Å². The van der Waals surface area contributed by atoms with Gasteiger partial charge in [0.15, 0.2) is 0 Å². The first kappa shape index (κ1) is 18.6. The summed E-state index contributed by atoms with van der Waals surface area (Å²) in [5.41, 5.74) is 1.02. The van der Waals surface area contributed by atoms with E-state index in [4.69, 9.17) is 16.3 Å². The van der Waals surface area contributed by atoms with Crippen molar-refractivity contribution in [3.05, 3.63) is 34.9 Å². The first-order valence-corrected chi connectivity index (χ1v) is 8.84. The molecule has 2 rings (SSSR count). The van der Waals surface area contributed by atoms with Gasteiger partial charge in [-0.2, -0.15) is 0 Å². The Bertz CT molecular complexity index is 571. The number of likely N-dealkylation sites (tertiary alicyclic amines) is 1. The molecule has 1 aliphatic rings. The van der Waals surface area contributed by atoms with Crippen LogP contribution in [0.25, 0.3) is 0 Å². The number of hydrogen-bond donors (Lipinski definition) is 1. The second-order valence-corrected chi connectivity index (χ2v) is 6.57. The second-order valence-electron chi connectivity index (χ2n) is 6.16. The van der Waals surface area contributed by atoms with E-state index in [1.807, 2.05) is 31.2 Å². The van der Waals surface area contributed by atoms with E-state index in [2.05, 4.69) is 5.32 Å². The fourth-order valence-electron chi connectivity index (χ4n) is 2.93. The standard InChI is InChI=1S/C18H25ClN2O3/c1-3-24-17(22)14-8-10-21(11-9-14)18(23)20-13(2)12-15-6-4-5-7-16(15)19/h4-7,13-14H,3,8-12H2,1-2H3,(H,20,23). The highest BCUT2D eigenvalue weighted by Crippen LogP contribution is 2.19. The number of halogens is 1. The minimum Gasteiger partial charge on any atom is -0.466 e. The number of ether oxygens (including phenoxy) is 1. The number of rotatable bonds is 5. The lowest BCUT2D eigenvalue weighted by Gasteiger charge is -2.31. The summed E-state index contributed by atoms with van der Waals surface area (Å²) < 4.78 is 5.05. The van der Waals surface area contributed by atoms with Gasteiger partial charge in [-0.05, 0) is 44.7 Å². The number of nitrogens with zero attached hydrogens (tertiary/aromatic N) is 1. The molecule has 1 heterocycles. The van der Waals surface area contributed by atoms with Crippen LogP contribution in [0.3, 0.4) is 0 Å². The molecule has 1 aromatic carbocycles. The van der Waals surface area contributed by atoms with Crippen molar-refractivity contribution in [2.45, 2.75) is 39.2 Å². The number of carbonyl (C=O) groups is 2. The van der Waals surface area contributed by atoms with Gasteiger partial charge in [0.1, 0.15) is 0 Å². The molecule has 1 N–H and O–H groups in total. The van der Waals surface area contributed by atoms with Gasteiger partial charge in [-0.15, -0.1) is 0 Å². The van der Waals surface area contributed by atoms with Crippen LogP contribution in [0, 0.1) is 5.92 Å². The quantitative estimate of drug-likeness (QED) is 0.827. The largest absolute Gasteiger partial charge is 0.466 e. The van der Waals surface area contributed by atoms with Gasteiger partial charge >= 0.3 is 12.0 Å². The molecule has 132 valence electrons. The van der Waals surface area contributed by atoms with Crippen molar-refractivity contribution in [1.82, 2.24) is 10.2 Å². The minimum atomic E-state index is -0.148. The number of esters is 1. The van der Waals surface area contributed by atoms with Crippen molar-refractivity contribution < 1.29 is 14.3 Å². The lowest BCUT2D eigenvalue weighted by Crippen LogP contribution is -2.48. The third kappa shape index (κ3) is 5.13. The van der Waals surface area contributed by atoms with Gasteiger partial charge in [-0.3, -0.25) is 4.79 Å². The molecule has 1 unspecified atom stereocenters. The van der Waals surface area contributed by atoms with Gasteiger partial charge in [0.25, 0.3) is 0 Å². The predicted molar refractivity (Wildman–Crippen MR) is 94.1 cm³/mol. The Kier molecular flexibility index (Phi) is 6.91. The number of piperidine rings is 1. The van der Waals surface area contributed by atoms with Gasteiger partial charge < -0.3 is 15.0 Å². The van der Waals surface area contributed by atoms with Crippen LogP contribution in [0.4, 0.5) is 4.79 Å². The summed E-state index contributed by atoms with van der Waals surface area (Å²) in [6.45, 7) is 5.33. The molecular formula is C18H25ClN2O3. The zero-order valence-corrected chi connectivity index (χ0v) is 15.0. The molecular weight excluding hydrogens is 328 g/mol. The normalized spacial score (nSPS) is 16.5. The summed E-state index contributed by atoms with van der Waals surface area (Å²) in [6.07, 6.45) is 2.00. The van der Waals surface area contributed by atoms with Gasteiger partial charge in [0.05, 0.1) is 12.5 Å². The predicted octanol–water partition coefficient (Wildman–Crippen LogP) is 3.26. The van der Waals surface area contributed by atoms with Crippen LogP contribution in [-0.2, 0) is 16.0 Å². The van der Waals surface area contributed by atoms with E-state index < -0.39 is 0 Å². The van der Waals surface area contributed by atoms with E-state index in [9.17, 15) is 9.59 Å². The Hall–Kier alpha value is -1.75. The summed E-state index contributed by atoms with van der Waals surface area (Å²) in [7, 11) is 0.